The summed E-state index contributed by atoms with van der Waals surface area (Å²) in [5.74, 6) is 1.20. The summed E-state index contributed by atoms with van der Waals surface area (Å²) in [4.78, 5) is 11.9. The number of nitrogens with zero attached hydrogens (tertiary/aromatic N) is 3. The predicted molar refractivity (Wildman–Crippen MR) is 65.5 cm³/mol. The number of rotatable bonds is 5. The Morgan fingerprint density at radius 1 is 1.47 bits per heavy atom. The minimum absolute atomic E-state index is 0.141. The lowest BCUT2D eigenvalue weighted by atomic mass is 10.1. The molecule has 7 heteroatoms. The lowest BCUT2D eigenvalue weighted by molar-refractivity contribution is 0.378. The summed E-state index contributed by atoms with van der Waals surface area (Å²) in [5.41, 5.74) is 0. The molecule has 2 N–H and O–H groups in total. The highest BCUT2D eigenvalue weighted by Gasteiger charge is 2.13. The first-order chi connectivity index (χ1) is 8.28. The van der Waals surface area contributed by atoms with Crippen molar-refractivity contribution in [1.82, 2.24) is 20.3 Å². The summed E-state index contributed by atoms with van der Waals surface area (Å²) in [6, 6.07) is 0.232. The van der Waals surface area contributed by atoms with Crippen LogP contribution < -0.4 is 15.4 Å². The zero-order valence-electron chi connectivity index (χ0n) is 9.74. The van der Waals surface area contributed by atoms with E-state index in [1.807, 2.05) is 0 Å². The van der Waals surface area contributed by atoms with Crippen LogP contribution in [0.1, 0.15) is 12.8 Å². The molecule has 1 unspecified atom stereocenters. The van der Waals surface area contributed by atoms with Crippen LogP contribution in [0.3, 0.4) is 0 Å². The molecule has 1 atom stereocenters. The molecule has 1 fully saturated rings. The van der Waals surface area contributed by atoms with E-state index in [1.165, 1.54) is 13.5 Å². The summed E-state index contributed by atoms with van der Waals surface area (Å²) in [6.07, 6.45) is 2.33. The minimum Gasteiger partial charge on any atom is -0.467 e. The molecule has 0 spiro atoms. The third-order valence-electron chi connectivity index (χ3n) is 2.77. The van der Waals surface area contributed by atoms with Gasteiger partial charge in [-0.2, -0.15) is 15.0 Å². The predicted octanol–water partition coefficient (Wildman–Crippen LogP) is 0.945. The largest absolute Gasteiger partial charge is 0.467 e. The Bertz CT molecular complexity index is 370. The Hall–Kier alpha value is -1.14. The second-order valence-electron chi connectivity index (χ2n) is 3.99. The third-order valence-corrected chi connectivity index (χ3v) is 2.94. The highest BCUT2D eigenvalue weighted by atomic mass is 35.5. The molecule has 0 aromatic carbocycles. The molecule has 0 radical (unpaired) electrons. The molecule has 1 aromatic rings. The van der Waals surface area contributed by atoms with Gasteiger partial charge in [0, 0.05) is 6.54 Å². The molecular weight excluding hydrogens is 242 g/mol. The monoisotopic (exact) mass is 257 g/mol. The molecule has 0 aliphatic carbocycles. The van der Waals surface area contributed by atoms with Crippen LogP contribution in [0.2, 0.25) is 5.28 Å². The average molecular weight is 258 g/mol. The summed E-state index contributed by atoms with van der Waals surface area (Å²) < 4.78 is 4.92. The highest BCUT2D eigenvalue weighted by molar-refractivity contribution is 6.28. The van der Waals surface area contributed by atoms with Gasteiger partial charge in [-0.1, -0.05) is 0 Å². The molecule has 0 amide bonds. The van der Waals surface area contributed by atoms with Gasteiger partial charge in [-0.25, -0.2) is 0 Å². The average Bonchev–Trinajstić information content (AvgIpc) is 2.81. The highest BCUT2D eigenvalue weighted by Crippen LogP contribution is 2.14. The van der Waals surface area contributed by atoms with E-state index in [4.69, 9.17) is 16.3 Å². The number of hydrogen-bond acceptors (Lipinski definition) is 6. The summed E-state index contributed by atoms with van der Waals surface area (Å²) in [6.45, 7) is 3.05. The molecule has 94 valence electrons. The van der Waals surface area contributed by atoms with E-state index in [2.05, 4.69) is 25.6 Å². The Balaban J connectivity index is 1.83. The maximum Gasteiger partial charge on any atom is 0.322 e. The first-order valence-corrected chi connectivity index (χ1v) is 6.06. The van der Waals surface area contributed by atoms with Crippen LogP contribution in [0, 0.1) is 5.92 Å². The topological polar surface area (TPSA) is 72.0 Å². The fraction of sp³-hybridized carbons (Fsp3) is 0.700. The number of nitrogens with one attached hydrogen (secondary N) is 2. The lowest BCUT2D eigenvalue weighted by Crippen LogP contribution is -2.14. The fourth-order valence-electron chi connectivity index (χ4n) is 1.85. The number of methoxy groups -OCH3 is 1. The van der Waals surface area contributed by atoms with E-state index in [1.54, 1.807) is 0 Å². The molecule has 1 saturated heterocycles. The van der Waals surface area contributed by atoms with Crippen molar-refractivity contribution in [2.24, 2.45) is 5.92 Å². The summed E-state index contributed by atoms with van der Waals surface area (Å²) >= 11 is 5.74. The Morgan fingerprint density at radius 3 is 3.06 bits per heavy atom. The SMILES string of the molecule is COc1nc(Cl)nc(NCCC2CCNC2)n1. The van der Waals surface area contributed by atoms with Gasteiger partial charge < -0.3 is 15.4 Å². The van der Waals surface area contributed by atoms with Crippen molar-refractivity contribution in [3.63, 3.8) is 0 Å². The van der Waals surface area contributed by atoms with Crippen molar-refractivity contribution < 1.29 is 4.74 Å². The number of anilines is 1. The first kappa shape index (κ1) is 12.3. The summed E-state index contributed by atoms with van der Waals surface area (Å²) in [5, 5.41) is 6.61. The van der Waals surface area contributed by atoms with Crippen LogP contribution in [0.4, 0.5) is 5.95 Å². The van der Waals surface area contributed by atoms with E-state index in [-0.39, 0.29) is 11.3 Å². The van der Waals surface area contributed by atoms with Crippen LogP contribution in [0.15, 0.2) is 0 Å². The van der Waals surface area contributed by atoms with E-state index < -0.39 is 0 Å². The molecule has 1 aromatic heterocycles. The molecular formula is C10H16ClN5O. The van der Waals surface area contributed by atoms with Crippen LogP contribution in [-0.4, -0.2) is 41.7 Å². The van der Waals surface area contributed by atoms with Crippen molar-refractivity contribution in [1.29, 1.82) is 0 Å². The minimum atomic E-state index is 0.141. The second-order valence-corrected chi connectivity index (χ2v) is 4.33. The zero-order chi connectivity index (χ0) is 12.1. The van der Waals surface area contributed by atoms with Crippen molar-refractivity contribution in [3.8, 4) is 6.01 Å². The molecule has 2 heterocycles. The van der Waals surface area contributed by atoms with E-state index in [0.29, 0.717) is 5.95 Å². The van der Waals surface area contributed by atoms with Crippen molar-refractivity contribution >= 4 is 17.5 Å². The van der Waals surface area contributed by atoms with Crippen LogP contribution >= 0.6 is 11.6 Å². The standard InChI is InChI=1S/C10H16ClN5O/c1-17-10-15-8(11)14-9(16-10)13-5-3-7-2-4-12-6-7/h7,12H,2-6H2,1H3,(H,13,14,15,16). The quantitative estimate of drug-likeness (QED) is 0.818. The van der Waals surface area contributed by atoms with Crippen molar-refractivity contribution in [2.45, 2.75) is 12.8 Å². The Kier molecular flexibility index (Phi) is 4.33. The third kappa shape index (κ3) is 3.67. The van der Waals surface area contributed by atoms with Gasteiger partial charge in [0.05, 0.1) is 7.11 Å². The van der Waals surface area contributed by atoms with Gasteiger partial charge in [-0.05, 0) is 43.5 Å². The smallest absolute Gasteiger partial charge is 0.322 e. The molecule has 17 heavy (non-hydrogen) atoms. The molecule has 0 saturated carbocycles. The molecule has 2 rings (SSSR count). The van der Waals surface area contributed by atoms with Gasteiger partial charge in [0.1, 0.15) is 0 Å². The second kappa shape index (κ2) is 5.97. The molecule has 1 aliphatic rings. The van der Waals surface area contributed by atoms with Crippen molar-refractivity contribution in [3.05, 3.63) is 5.28 Å². The number of aromatic nitrogens is 3. The number of ether oxygens (including phenoxy) is 1. The molecule has 6 nitrogen and oxygen atoms in total. The zero-order valence-corrected chi connectivity index (χ0v) is 10.5. The first-order valence-electron chi connectivity index (χ1n) is 5.68. The lowest BCUT2D eigenvalue weighted by Gasteiger charge is -2.09. The maximum absolute atomic E-state index is 5.74. The van der Waals surface area contributed by atoms with Crippen molar-refractivity contribution in [2.75, 3.05) is 32.1 Å². The van der Waals surface area contributed by atoms with Gasteiger partial charge in [0.15, 0.2) is 0 Å². The van der Waals surface area contributed by atoms with Gasteiger partial charge >= 0.3 is 6.01 Å². The van der Waals surface area contributed by atoms with Gasteiger partial charge in [0.25, 0.3) is 0 Å². The fourth-order valence-corrected chi connectivity index (χ4v) is 2.00. The summed E-state index contributed by atoms with van der Waals surface area (Å²) in [7, 11) is 1.50. The Morgan fingerprint density at radius 2 is 2.35 bits per heavy atom. The molecule has 1 aliphatic heterocycles. The van der Waals surface area contributed by atoms with E-state index in [9.17, 15) is 0 Å². The van der Waals surface area contributed by atoms with Crippen LogP contribution in [-0.2, 0) is 0 Å². The number of halogens is 1. The van der Waals surface area contributed by atoms with Crippen LogP contribution in [0.5, 0.6) is 6.01 Å². The van der Waals surface area contributed by atoms with Gasteiger partial charge in [-0.3, -0.25) is 0 Å². The van der Waals surface area contributed by atoms with E-state index in [0.717, 1.165) is 32.0 Å². The molecule has 0 bridgehead atoms. The van der Waals surface area contributed by atoms with Crippen LogP contribution in [0.25, 0.3) is 0 Å². The van der Waals surface area contributed by atoms with Gasteiger partial charge in [0.2, 0.25) is 11.2 Å². The Labute approximate surface area is 105 Å². The maximum atomic E-state index is 5.74. The van der Waals surface area contributed by atoms with E-state index >= 15 is 0 Å². The van der Waals surface area contributed by atoms with Gasteiger partial charge in [-0.15, -0.1) is 0 Å². The normalized spacial score (nSPS) is 19.3. The number of hydrogen-bond donors (Lipinski definition) is 2.